The van der Waals surface area contributed by atoms with Gasteiger partial charge in [0.15, 0.2) is 0 Å². The van der Waals surface area contributed by atoms with E-state index >= 15 is 0 Å². The molecule has 0 radical (unpaired) electrons. The SMILES string of the molecule is COc1ccc(C2/C(=C(\O)c3cc(C)ccc3OC)C(=O)C(=O)N2c2nc3ccc(OC)cc3[nH]2)cc1. The van der Waals surface area contributed by atoms with Gasteiger partial charge in [0.05, 0.1) is 49.5 Å². The number of benzene rings is 3. The second-order valence-corrected chi connectivity index (χ2v) is 8.59. The summed E-state index contributed by atoms with van der Waals surface area (Å²) in [6.07, 6.45) is 0. The number of hydrogen-bond acceptors (Lipinski definition) is 7. The number of fused-ring (bicyclic) bond motifs is 1. The van der Waals surface area contributed by atoms with Gasteiger partial charge in [-0.25, -0.2) is 4.98 Å². The molecule has 1 aliphatic heterocycles. The third-order valence-electron chi connectivity index (χ3n) is 6.39. The quantitative estimate of drug-likeness (QED) is 0.228. The smallest absolute Gasteiger partial charge is 0.302 e. The van der Waals surface area contributed by atoms with E-state index in [4.69, 9.17) is 14.2 Å². The lowest BCUT2D eigenvalue weighted by atomic mass is 9.94. The molecule has 4 aromatic rings. The highest BCUT2D eigenvalue weighted by molar-refractivity contribution is 6.51. The fourth-order valence-electron chi connectivity index (χ4n) is 4.52. The van der Waals surface area contributed by atoms with E-state index in [2.05, 4.69) is 9.97 Å². The van der Waals surface area contributed by atoms with Crippen molar-refractivity contribution in [2.45, 2.75) is 13.0 Å². The van der Waals surface area contributed by atoms with Gasteiger partial charge in [0, 0.05) is 6.07 Å². The van der Waals surface area contributed by atoms with Crippen LogP contribution < -0.4 is 19.1 Å². The monoisotopic (exact) mass is 499 g/mol. The number of rotatable bonds is 6. The van der Waals surface area contributed by atoms with Crippen molar-refractivity contribution in [1.82, 2.24) is 9.97 Å². The summed E-state index contributed by atoms with van der Waals surface area (Å²) in [6, 6.07) is 16.5. The van der Waals surface area contributed by atoms with Gasteiger partial charge in [0.25, 0.3) is 5.78 Å². The molecule has 37 heavy (non-hydrogen) atoms. The Hall–Kier alpha value is -4.79. The van der Waals surface area contributed by atoms with Gasteiger partial charge in [-0.15, -0.1) is 0 Å². The highest BCUT2D eigenvalue weighted by Gasteiger charge is 2.48. The molecule has 1 unspecified atom stereocenters. The molecule has 2 N–H and O–H groups in total. The maximum Gasteiger partial charge on any atom is 0.302 e. The van der Waals surface area contributed by atoms with Crippen molar-refractivity contribution in [2.24, 2.45) is 0 Å². The van der Waals surface area contributed by atoms with Crippen LogP contribution in [0.2, 0.25) is 0 Å². The maximum absolute atomic E-state index is 13.5. The Labute approximate surface area is 212 Å². The molecule has 1 fully saturated rings. The number of aliphatic hydroxyl groups excluding tert-OH is 1. The van der Waals surface area contributed by atoms with E-state index in [9.17, 15) is 14.7 Å². The van der Waals surface area contributed by atoms with E-state index in [1.807, 2.05) is 13.0 Å². The number of anilines is 1. The van der Waals surface area contributed by atoms with Gasteiger partial charge in [-0.2, -0.15) is 0 Å². The van der Waals surface area contributed by atoms with Crippen LogP contribution >= 0.6 is 0 Å². The number of aromatic amines is 1. The predicted molar refractivity (Wildman–Crippen MR) is 138 cm³/mol. The van der Waals surface area contributed by atoms with Crippen molar-refractivity contribution in [3.8, 4) is 17.2 Å². The largest absolute Gasteiger partial charge is 0.507 e. The molecule has 1 amide bonds. The summed E-state index contributed by atoms with van der Waals surface area (Å²) < 4.78 is 16.0. The number of H-pyrrole nitrogens is 1. The molecule has 9 nitrogen and oxygen atoms in total. The van der Waals surface area contributed by atoms with Crippen molar-refractivity contribution in [3.63, 3.8) is 0 Å². The highest BCUT2D eigenvalue weighted by atomic mass is 16.5. The van der Waals surface area contributed by atoms with Crippen LogP contribution in [0.15, 0.2) is 66.2 Å². The molecule has 0 aliphatic carbocycles. The summed E-state index contributed by atoms with van der Waals surface area (Å²) in [5, 5.41) is 11.5. The average molecular weight is 500 g/mol. The Morgan fingerprint density at radius 2 is 1.62 bits per heavy atom. The standard InChI is InChI=1S/C28H25N3O6/c1-15-5-12-22(37-4)19(13-15)25(32)23-24(16-6-8-17(35-2)9-7-16)31(27(34)26(23)33)28-29-20-11-10-18(36-3)14-21(20)30-28/h5-14,24,32H,1-4H3,(H,29,30)/b25-23+. The maximum atomic E-state index is 13.5. The fourth-order valence-corrected chi connectivity index (χ4v) is 4.52. The van der Waals surface area contributed by atoms with Gasteiger partial charge in [-0.1, -0.05) is 23.8 Å². The van der Waals surface area contributed by atoms with Crippen LogP contribution in [0.25, 0.3) is 16.8 Å². The summed E-state index contributed by atoms with van der Waals surface area (Å²) in [5.74, 6) is -0.222. The topological polar surface area (TPSA) is 114 Å². The number of Topliss-reactive ketones (excluding diaryl/α,β-unsaturated/α-hetero) is 1. The van der Waals surface area contributed by atoms with Crippen LogP contribution in [0.1, 0.15) is 22.7 Å². The number of nitrogens with one attached hydrogen (secondary N) is 1. The Bertz CT molecular complexity index is 1550. The molecule has 0 spiro atoms. The number of hydrogen-bond donors (Lipinski definition) is 2. The number of aliphatic hydroxyl groups is 1. The number of carbonyl (C=O) groups excluding carboxylic acids is 2. The second kappa shape index (κ2) is 9.34. The number of aryl methyl sites for hydroxylation is 1. The van der Waals surface area contributed by atoms with Crippen LogP contribution in [-0.4, -0.2) is 48.1 Å². The first kappa shape index (κ1) is 23.9. The van der Waals surface area contributed by atoms with Crippen LogP contribution in [0.3, 0.4) is 0 Å². The normalized spacial score (nSPS) is 16.9. The summed E-state index contributed by atoms with van der Waals surface area (Å²) in [7, 11) is 4.58. The van der Waals surface area contributed by atoms with Crippen molar-refractivity contribution < 1.29 is 28.9 Å². The van der Waals surface area contributed by atoms with E-state index in [1.54, 1.807) is 68.8 Å². The molecule has 5 rings (SSSR count). The molecular weight excluding hydrogens is 474 g/mol. The Kier molecular flexibility index (Phi) is 6.04. The van der Waals surface area contributed by atoms with Gasteiger partial charge in [-0.3, -0.25) is 14.5 Å². The Morgan fingerprint density at radius 3 is 2.30 bits per heavy atom. The zero-order valence-electron chi connectivity index (χ0n) is 20.7. The fraction of sp³-hybridized carbons (Fsp3) is 0.179. The first-order valence-electron chi connectivity index (χ1n) is 11.5. The molecular formula is C28H25N3O6. The number of ketones is 1. The molecule has 3 aromatic carbocycles. The molecule has 0 saturated carbocycles. The third kappa shape index (κ3) is 4.04. The van der Waals surface area contributed by atoms with Gasteiger partial charge >= 0.3 is 5.91 Å². The summed E-state index contributed by atoms with van der Waals surface area (Å²) >= 11 is 0. The molecule has 188 valence electrons. The lowest BCUT2D eigenvalue weighted by Gasteiger charge is -2.23. The number of amides is 1. The zero-order chi connectivity index (χ0) is 26.3. The van der Waals surface area contributed by atoms with E-state index in [1.165, 1.54) is 12.0 Å². The van der Waals surface area contributed by atoms with Crippen LogP contribution in [0.5, 0.6) is 17.2 Å². The van der Waals surface area contributed by atoms with Crippen molar-refractivity contribution in [2.75, 3.05) is 26.2 Å². The number of ether oxygens (including phenoxy) is 3. The first-order valence-corrected chi connectivity index (χ1v) is 11.5. The number of carbonyl (C=O) groups is 2. The number of imidazole rings is 1. The van der Waals surface area contributed by atoms with Gasteiger partial charge < -0.3 is 24.3 Å². The lowest BCUT2D eigenvalue weighted by molar-refractivity contribution is -0.132. The van der Waals surface area contributed by atoms with Crippen LogP contribution in [0.4, 0.5) is 5.95 Å². The molecule has 0 bridgehead atoms. The number of methoxy groups -OCH3 is 3. The summed E-state index contributed by atoms with van der Waals surface area (Å²) in [6.45, 7) is 1.86. The first-order chi connectivity index (χ1) is 17.9. The third-order valence-corrected chi connectivity index (χ3v) is 6.39. The second-order valence-electron chi connectivity index (χ2n) is 8.59. The Balaban J connectivity index is 1.74. The zero-order valence-corrected chi connectivity index (χ0v) is 20.7. The van der Waals surface area contributed by atoms with Crippen LogP contribution in [-0.2, 0) is 9.59 Å². The van der Waals surface area contributed by atoms with Crippen molar-refractivity contribution in [3.05, 3.63) is 82.9 Å². The average Bonchev–Trinajstić information content (AvgIpc) is 3.45. The molecule has 1 saturated heterocycles. The predicted octanol–water partition coefficient (Wildman–Crippen LogP) is 4.52. The Morgan fingerprint density at radius 1 is 0.919 bits per heavy atom. The summed E-state index contributed by atoms with van der Waals surface area (Å²) in [4.78, 5) is 35.9. The summed E-state index contributed by atoms with van der Waals surface area (Å²) in [5.41, 5.74) is 2.90. The van der Waals surface area contributed by atoms with Gasteiger partial charge in [-0.05, 0) is 48.9 Å². The van der Waals surface area contributed by atoms with E-state index in [0.29, 0.717) is 39.4 Å². The number of nitrogens with zero attached hydrogens (tertiary/aromatic N) is 2. The lowest BCUT2D eigenvalue weighted by Crippen LogP contribution is -2.30. The minimum absolute atomic E-state index is 0.0721. The van der Waals surface area contributed by atoms with Gasteiger partial charge in [0.1, 0.15) is 23.0 Å². The minimum atomic E-state index is -0.960. The van der Waals surface area contributed by atoms with Gasteiger partial charge in [0.2, 0.25) is 5.95 Å². The number of aromatic nitrogens is 2. The molecule has 9 heteroatoms. The molecule has 1 aromatic heterocycles. The minimum Gasteiger partial charge on any atom is -0.507 e. The van der Waals surface area contributed by atoms with Crippen molar-refractivity contribution in [1.29, 1.82) is 0 Å². The van der Waals surface area contributed by atoms with E-state index in [-0.39, 0.29) is 17.3 Å². The molecule has 1 atom stereocenters. The molecule has 2 heterocycles. The van der Waals surface area contributed by atoms with E-state index in [0.717, 1.165) is 5.56 Å². The highest BCUT2D eigenvalue weighted by Crippen LogP contribution is 2.43. The van der Waals surface area contributed by atoms with E-state index < -0.39 is 17.7 Å². The van der Waals surface area contributed by atoms with Crippen LogP contribution in [0, 0.1) is 6.92 Å². The van der Waals surface area contributed by atoms with Crippen molar-refractivity contribution >= 4 is 34.4 Å². The molecule has 1 aliphatic rings.